The SMILES string of the molecule is C=C/C=C\CC.CC.CC.CCCCN(C)CCc1ccc(OC)c(OC)c1. The van der Waals surface area contributed by atoms with Gasteiger partial charge in [0.25, 0.3) is 0 Å². The molecule has 1 rings (SSSR count). The van der Waals surface area contributed by atoms with E-state index in [-0.39, 0.29) is 0 Å². The van der Waals surface area contributed by atoms with Crippen LogP contribution in [0.2, 0.25) is 0 Å². The summed E-state index contributed by atoms with van der Waals surface area (Å²) < 4.78 is 10.5. The van der Waals surface area contributed by atoms with E-state index >= 15 is 0 Å². The number of likely N-dealkylation sites (N-methyl/N-ethyl adjacent to an activating group) is 1. The van der Waals surface area contributed by atoms with Gasteiger partial charge in [-0.25, -0.2) is 0 Å². The molecule has 0 radical (unpaired) electrons. The molecule has 0 saturated carbocycles. The van der Waals surface area contributed by atoms with Gasteiger partial charge in [0, 0.05) is 6.54 Å². The maximum Gasteiger partial charge on any atom is 0.160 e. The Labute approximate surface area is 176 Å². The summed E-state index contributed by atoms with van der Waals surface area (Å²) in [6, 6.07) is 6.14. The second kappa shape index (κ2) is 25.3. The zero-order valence-electron chi connectivity index (χ0n) is 20.2. The van der Waals surface area contributed by atoms with Gasteiger partial charge in [-0.15, -0.1) is 0 Å². The Morgan fingerprint density at radius 2 is 1.57 bits per heavy atom. The Morgan fingerprint density at radius 3 is 2.00 bits per heavy atom. The van der Waals surface area contributed by atoms with Gasteiger partial charge in [-0.1, -0.05) is 78.8 Å². The minimum atomic E-state index is 0.792. The lowest BCUT2D eigenvalue weighted by molar-refractivity contribution is 0.331. The third kappa shape index (κ3) is 17.7. The standard InChI is InChI=1S/C15H25NO2.C6H10.2C2H6/c1-5-6-10-16(2)11-9-13-7-8-14(17-3)15(12-13)18-4;1-3-5-6-4-2;2*1-2/h7-8,12H,5-6,9-11H2,1-4H3;3,5-6H,1,4H2,2H3;2*1-2H3/b;6-5-;;. The van der Waals surface area contributed by atoms with Crippen molar-refractivity contribution in [1.82, 2.24) is 4.90 Å². The molecule has 164 valence electrons. The van der Waals surface area contributed by atoms with Crippen LogP contribution in [0.3, 0.4) is 0 Å². The number of ether oxygens (including phenoxy) is 2. The molecule has 0 aliphatic carbocycles. The van der Waals surface area contributed by atoms with Gasteiger partial charge in [0.15, 0.2) is 11.5 Å². The predicted molar refractivity (Wildman–Crippen MR) is 128 cm³/mol. The minimum absolute atomic E-state index is 0.792. The summed E-state index contributed by atoms with van der Waals surface area (Å²) in [7, 11) is 5.52. The first kappa shape index (κ1) is 31.0. The molecule has 3 nitrogen and oxygen atoms in total. The van der Waals surface area contributed by atoms with Gasteiger partial charge in [-0.3, -0.25) is 0 Å². The number of hydrogen-bond donors (Lipinski definition) is 0. The molecule has 1 aromatic carbocycles. The highest BCUT2D eigenvalue weighted by atomic mass is 16.5. The van der Waals surface area contributed by atoms with E-state index in [1.807, 2.05) is 39.8 Å². The normalized spacial score (nSPS) is 9.36. The van der Waals surface area contributed by atoms with Crippen molar-refractivity contribution in [3.63, 3.8) is 0 Å². The molecule has 0 heterocycles. The van der Waals surface area contributed by atoms with E-state index in [9.17, 15) is 0 Å². The molecule has 0 unspecified atom stereocenters. The van der Waals surface area contributed by atoms with Crippen LogP contribution in [0.15, 0.2) is 43.0 Å². The third-order valence-corrected chi connectivity index (χ3v) is 3.63. The second-order valence-corrected chi connectivity index (χ2v) is 5.67. The average Bonchev–Trinajstić information content (AvgIpc) is 2.77. The largest absolute Gasteiger partial charge is 0.493 e. The summed E-state index contributed by atoms with van der Waals surface area (Å²) in [5.74, 6) is 1.60. The van der Waals surface area contributed by atoms with Crippen molar-refractivity contribution < 1.29 is 9.47 Å². The van der Waals surface area contributed by atoms with Crippen LogP contribution in [0, 0.1) is 0 Å². The smallest absolute Gasteiger partial charge is 0.160 e. The lowest BCUT2D eigenvalue weighted by Gasteiger charge is -2.16. The number of unbranched alkanes of at least 4 members (excludes halogenated alkanes) is 1. The van der Waals surface area contributed by atoms with E-state index in [2.05, 4.69) is 50.6 Å². The second-order valence-electron chi connectivity index (χ2n) is 5.67. The molecule has 0 spiro atoms. The van der Waals surface area contributed by atoms with Gasteiger partial charge in [0.1, 0.15) is 0 Å². The molecule has 28 heavy (non-hydrogen) atoms. The van der Waals surface area contributed by atoms with Gasteiger partial charge < -0.3 is 14.4 Å². The summed E-state index contributed by atoms with van der Waals surface area (Å²) in [5.41, 5.74) is 1.29. The zero-order valence-corrected chi connectivity index (χ0v) is 20.2. The highest BCUT2D eigenvalue weighted by Gasteiger charge is 2.05. The van der Waals surface area contributed by atoms with Crippen molar-refractivity contribution in [3.05, 3.63) is 48.6 Å². The fraction of sp³-hybridized carbons (Fsp3) is 0.600. The summed E-state index contributed by atoms with van der Waals surface area (Å²) in [5, 5.41) is 0. The maximum absolute atomic E-state index is 5.31. The predicted octanol–water partition coefficient (Wildman–Crippen LogP) is 7.17. The number of rotatable bonds is 10. The number of nitrogens with zero attached hydrogens (tertiary/aromatic N) is 1. The molecule has 0 aliphatic heterocycles. The monoisotopic (exact) mass is 393 g/mol. The quantitative estimate of drug-likeness (QED) is 0.393. The fourth-order valence-corrected chi connectivity index (χ4v) is 2.13. The molecular formula is C25H47NO2. The molecule has 0 aromatic heterocycles. The number of hydrogen-bond acceptors (Lipinski definition) is 3. The van der Waals surface area contributed by atoms with Crippen molar-refractivity contribution in [2.45, 2.75) is 67.2 Å². The van der Waals surface area contributed by atoms with E-state index in [1.165, 1.54) is 24.9 Å². The van der Waals surface area contributed by atoms with Crippen molar-refractivity contribution in [3.8, 4) is 11.5 Å². The maximum atomic E-state index is 5.31. The fourth-order valence-electron chi connectivity index (χ4n) is 2.13. The van der Waals surface area contributed by atoms with Crippen LogP contribution < -0.4 is 9.47 Å². The van der Waals surface area contributed by atoms with E-state index < -0.39 is 0 Å². The number of benzene rings is 1. The summed E-state index contributed by atoms with van der Waals surface area (Å²) in [4.78, 5) is 2.38. The highest BCUT2D eigenvalue weighted by molar-refractivity contribution is 5.42. The van der Waals surface area contributed by atoms with E-state index in [4.69, 9.17) is 9.47 Å². The zero-order chi connectivity index (χ0) is 22.2. The Hall–Kier alpha value is -1.74. The van der Waals surface area contributed by atoms with Crippen LogP contribution in [-0.4, -0.2) is 39.3 Å². The minimum Gasteiger partial charge on any atom is -0.493 e. The molecule has 0 fully saturated rings. The molecule has 0 saturated heterocycles. The van der Waals surface area contributed by atoms with Crippen LogP contribution in [0.4, 0.5) is 0 Å². The van der Waals surface area contributed by atoms with Crippen LogP contribution >= 0.6 is 0 Å². The van der Waals surface area contributed by atoms with Gasteiger partial charge in [0.2, 0.25) is 0 Å². The van der Waals surface area contributed by atoms with Crippen LogP contribution in [0.25, 0.3) is 0 Å². The average molecular weight is 394 g/mol. The number of allylic oxidation sites excluding steroid dienone is 3. The van der Waals surface area contributed by atoms with Gasteiger partial charge >= 0.3 is 0 Å². The van der Waals surface area contributed by atoms with Gasteiger partial charge in [-0.2, -0.15) is 0 Å². The van der Waals surface area contributed by atoms with Crippen LogP contribution in [0.1, 0.15) is 66.4 Å². The Bertz CT molecular complexity index is 470. The van der Waals surface area contributed by atoms with Gasteiger partial charge in [-0.05, 0) is 50.6 Å². The molecule has 0 N–H and O–H groups in total. The van der Waals surface area contributed by atoms with E-state index in [0.29, 0.717) is 0 Å². The Kier molecular flexibility index (Phi) is 27.9. The van der Waals surface area contributed by atoms with Gasteiger partial charge in [0.05, 0.1) is 14.2 Å². The first-order valence-corrected chi connectivity index (χ1v) is 10.8. The summed E-state index contributed by atoms with van der Waals surface area (Å²) >= 11 is 0. The molecule has 1 aromatic rings. The topological polar surface area (TPSA) is 21.7 Å². The van der Waals surface area contributed by atoms with Crippen molar-refractivity contribution >= 4 is 0 Å². The van der Waals surface area contributed by atoms with Crippen LogP contribution in [-0.2, 0) is 6.42 Å². The van der Waals surface area contributed by atoms with E-state index in [1.54, 1.807) is 20.3 Å². The third-order valence-electron chi connectivity index (χ3n) is 3.63. The number of methoxy groups -OCH3 is 2. The molecule has 3 heteroatoms. The highest BCUT2D eigenvalue weighted by Crippen LogP contribution is 2.27. The van der Waals surface area contributed by atoms with Crippen molar-refractivity contribution in [2.24, 2.45) is 0 Å². The Morgan fingerprint density at radius 1 is 0.964 bits per heavy atom. The summed E-state index contributed by atoms with van der Waals surface area (Å²) in [6.45, 7) is 18.1. The summed E-state index contributed by atoms with van der Waals surface area (Å²) in [6.07, 6.45) is 10.5. The first-order chi connectivity index (χ1) is 13.6. The van der Waals surface area contributed by atoms with Crippen molar-refractivity contribution in [1.29, 1.82) is 0 Å². The molecular weight excluding hydrogens is 346 g/mol. The van der Waals surface area contributed by atoms with Crippen molar-refractivity contribution in [2.75, 3.05) is 34.4 Å². The van der Waals surface area contributed by atoms with Crippen LogP contribution in [0.5, 0.6) is 11.5 Å². The molecule has 0 aliphatic rings. The molecule has 0 bridgehead atoms. The Balaban J connectivity index is -0.000000526. The lowest BCUT2D eigenvalue weighted by atomic mass is 10.1. The van der Waals surface area contributed by atoms with E-state index in [0.717, 1.165) is 30.9 Å². The molecule has 0 atom stereocenters. The molecule has 0 amide bonds. The first-order valence-electron chi connectivity index (χ1n) is 10.8. The lowest BCUT2D eigenvalue weighted by Crippen LogP contribution is -2.22.